The van der Waals surface area contributed by atoms with Crippen molar-refractivity contribution < 1.29 is 24.5 Å². The van der Waals surface area contributed by atoms with Gasteiger partial charge >= 0.3 is 5.97 Å². The van der Waals surface area contributed by atoms with Crippen LogP contribution in [0.1, 0.15) is 122 Å². The first-order valence-corrected chi connectivity index (χ1v) is 18.0. The van der Waals surface area contributed by atoms with Crippen LogP contribution in [0, 0.1) is 62.1 Å². The van der Waals surface area contributed by atoms with Crippen molar-refractivity contribution in [3.05, 3.63) is 11.6 Å². The van der Waals surface area contributed by atoms with Gasteiger partial charge in [-0.2, -0.15) is 0 Å². The van der Waals surface area contributed by atoms with Crippen LogP contribution in [-0.2, 0) is 14.3 Å². The van der Waals surface area contributed by atoms with Crippen molar-refractivity contribution in [1.29, 1.82) is 0 Å². The molecule has 260 valence electrons. The minimum atomic E-state index is -0.637. The summed E-state index contributed by atoms with van der Waals surface area (Å²) in [6, 6.07) is 0.209. The monoisotopic (exact) mass is 632 g/mol. The number of hydrogen-bond donors (Lipinski definition) is 3. The summed E-state index contributed by atoms with van der Waals surface area (Å²) in [5.74, 6) is 0.139. The fourth-order valence-electron chi connectivity index (χ4n) is 11.9. The molecular formula is C39H69NO5. The zero-order valence-electron chi connectivity index (χ0n) is 31.3. The van der Waals surface area contributed by atoms with Gasteiger partial charge in [0.1, 0.15) is 0 Å². The Kier molecular flexibility index (Phi) is 9.98. The van der Waals surface area contributed by atoms with E-state index in [1.807, 2.05) is 14.0 Å². The molecule has 45 heavy (non-hydrogen) atoms. The summed E-state index contributed by atoms with van der Waals surface area (Å²) in [5, 5.41) is 26.4. The molecule has 6 nitrogen and oxygen atoms in total. The average molecular weight is 632 g/mol. The molecule has 3 saturated carbocycles. The van der Waals surface area contributed by atoms with Gasteiger partial charge in [-0.15, -0.1) is 0 Å². The van der Waals surface area contributed by atoms with Crippen LogP contribution in [0.5, 0.6) is 0 Å². The lowest BCUT2D eigenvalue weighted by Gasteiger charge is -2.70. The fraction of sp³-hybridized carbons (Fsp3) is 0.923. The lowest BCUT2D eigenvalue weighted by molar-refractivity contribution is -0.231. The molecule has 0 heterocycles. The van der Waals surface area contributed by atoms with Crippen LogP contribution < -0.4 is 5.32 Å². The summed E-state index contributed by atoms with van der Waals surface area (Å²) >= 11 is 0. The van der Waals surface area contributed by atoms with Crippen molar-refractivity contribution >= 4 is 5.97 Å². The molecule has 12 atom stereocenters. The van der Waals surface area contributed by atoms with E-state index in [2.05, 4.69) is 87.6 Å². The molecule has 0 aromatic rings. The van der Waals surface area contributed by atoms with Gasteiger partial charge in [-0.25, -0.2) is 0 Å². The summed E-state index contributed by atoms with van der Waals surface area (Å²) in [6.45, 7) is 27.7. The zero-order chi connectivity index (χ0) is 34.1. The predicted molar refractivity (Wildman–Crippen MR) is 183 cm³/mol. The molecule has 0 amide bonds. The molecule has 0 aliphatic heterocycles. The minimum absolute atomic E-state index is 0.0589. The van der Waals surface area contributed by atoms with E-state index in [0.717, 1.165) is 38.5 Å². The maximum absolute atomic E-state index is 13.4. The molecule has 6 heteroatoms. The highest BCUT2D eigenvalue weighted by Gasteiger charge is 2.71. The van der Waals surface area contributed by atoms with Gasteiger partial charge in [0.05, 0.1) is 30.8 Å². The van der Waals surface area contributed by atoms with E-state index in [9.17, 15) is 15.0 Å². The summed E-state index contributed by atoms with van der Waals surface area (Å²) in [5.41, 5.74) is -0.0407. The first-order valence-electron chi connectivity index (χ1n) is 18.0. The second-order valence-corrected chi connectivity index (χ2v) is 18.7. The van der Waals surface area contributed by atoms with Crippen LogP contribution in [-0.4, -0.2) is 61.3 Å². The number of carboxylic acid groups (broad SMARTS) is 1. The number of ether oxygens (including phenoxy) is 2. The molecule has 3 N–H and O–H groups in total. The Labute approximate surface area is 275 Å². The molecule has 3 fully saturated rings. The molecule has 0 unspecified atom stereocenters. The molecule has 4 aliphatic carbocycles. The summed E-state index contributed by atoms with van der Waals surface area (Å²) in [4.78, 5) is 13.4. The standard InChI is InChI=1S/C39H69NO5/c1-23(2)24(3)36(10)19-20-37(11)26-15-16-29-35(8,9)32(45-22-30(40-13)34(5,6)7)28(44-14)21-39(29,25(4)41)27(26)17-18-38(37,12)31(36)33(42)43/h17,23-26,28-32,40-41H,15-16,18-22H2,1-14H3,(H,42,43)/t24-,25+,26+,28-,29+,30+,31-,32+,36-,37-,38+,39+/m1/s1. The van der Waals surface area contributed by atoms with Crippen LogP contribution in [0.3, 0.4) is 0 Å². The van der Waals surface area contributed by atoms with Crippen molar-refractivity contribution in [2.24, 2.45) is 62.1 Å². The smallest absolute Gasteiger partial charge is 0.307 e. The summed E-state index contributed by atoms with van der Waals surface area (Å²) in [6.07, 6.45) is 7.04. The third-order valence-electron chi connectivity index (χ3n) is 15.3. The largest absolute Gasteiger partial charge is 0.481 e. The Bertz CT molecular complexity index is 1120. The lowest BCUT2D eigenvalue weighted by atomic mass is 9.34. The minimum Gasteiger partial charge on any atom is -0.481 e. The van der Waals surface area contributed by atoms with Gasteiger partial charge in [-0.05, 0) is 103 Å². The van der Waals surface area contributed by atoms with Gasteiger partial charge in [0, 0.05) is 18.6 Å². The van der Waals surface area contributed by atoms with E-state index in [1.165, 1.54) is 5.57 Å². The van der Waals surface area contributed by atoms with E-state index >= 15 is 0 Å². The number of aliphatic hydroxyl groups excluding tert-OH is 1. The van der Waals surface area contributed by atoms with E-state index in [4.69, 9.17) is 9.47 Å². The van der Waals surface area contributed by atoms with Crippen LogP contribution in [0.4, 0.5) is 0 Å². The Balaban J connectivity index is 1.80. The number of likely N-dealkylation sites (N-methyl/N-ethyl adjacent to an activating group) is 1. The normalized spacial score (nSPS) is 43.4. The maximum Gasteiger partial charge on any atom is 0.307 e. The predicted octanol–water partition coefficient (Wildman–Crippen LogP) is 7.98. The van der Waals surface area contributed by atoms with Crippen LogP contribution in [0.15, 0.2) is 11.6 Å². The topological polar surface area (TPSA) is 88.0 Å². The number of aliphatic hydroxyl groups is 1. The van der Waals surface area contributed by atoms with Crippen molar-refractivity contribution in [1.82, 2.24) is 5.32 Å². The third kappa shape index (κ3) is 5.39. The first kappa shape index (κ1) is 36.9. The molecule has 0 saturated heterocycles. The number of aliphatic carboxylic acids is 1. The third-order valence-corrected chi connectivity index (χ3v) is 15.3. The van der Waals surface area contributed by atoms with Gasteiger partial charge in [0.15, 0.2) is 0 Å². The molecule has 0 radical (unpaired) electrons. The van der Waals surface area contributed by atoms with Crippen molar-refractivity contribution in [2.75, 3.05) is 20.8 Å². The molecule has 4 rings (SSSR count). The highest BCUT2D eigenvalue weighted by molar-refractivity contribution is 5.73. The number of rotatable bonds is 9. The number of methoxy groups -OCH3 is 1. The first-order chi connectivity index (χ1) is 20.6. The Morgan fingerprint density at radius 3 is 2.16 bits per heavy atom. The molecule has 0 aromatic heterocycles. The van der Waals surface area contributed by atoms with E-state index in [-0.39, 0.29) is 57.2 Å². The molecule has 4 aliphatic rings. The van der Waals surface area contributed by atoms with Crippen molar-refractivity contribution in [3.8, 4) is 0 Å². The number of carboxylic acids is 1. The van der Waals surface area contributed by atoms with E-state index < -0.39 is 23.4 Å². The second-order valence-electron chi connectivity index (χ2n) is 18.7. The van der Waals surface area contributed by atoms with E-state index in [1.54, 1.807) is 7.11 Å². The average Bonchev–Trinajstić information content (AvgIpc) is 2.93. The number of carbonyl (C=O) groups is 1. The highest BCUT2D eigenvalue weighted by atomic mass is 16.5. The Morgan fingerprint density at radius 1 is 1.04 bits per heavy atom. The molecule has 0 bridgehead atoms. The number of hydrogen-bond acceptors (Lipinski definition) is 5. The van der Waals surface area contributed by atoms with Gasteiger partial charge in [0.25, 0.3) is 0 Å². The molecule has 0 spiro atoms. The zero-order valence-corrected chi connectivity index (χ0v) is 31.3. The SMILES string of the molecule is CN[C@@H](CO[C@H]1[C@H](OC)C[C@]2([C@H](C)O)C3=CC[C@@]4(C)[C@H](C(=O)O)[C@@](C)([C@H](C)C(C)C)CC[C@]4(C)[C@H]3CC[C@H]2C1(C)C)C(C)(C)C. The van der Waals surface area contributed by atoms with Gasteiger partial charge in [0.2, 0.25) is 0 Å². The quantitative estimate of drug-likeness (QED) is 0.224. The maximum atomic E-state index is 13.4. The number of nitrogens with one attached hydrogen (secondary N) is 1. The molecular weight excluding hydrogens is 562 g/mol. The number of allylic oxidation sites excluding steroid dienone is 1. The summed E-state index contributed by atoms with van der Waals surface area (Å²) < 4.78 is 13.2. The van der Waals surface area contributed by atoms with Crippen molar-refractivity contribution in [3.63, 3.8) is 0 Å². The van der Waals surface area contributed by atoms with E-state index in [0.29, 0.717) is 18.4 Å². The van der Waals surface area contributed by atoms with Crippen molar-refractivity contribution in [2.45, 2.75) is 146 Å². The van der Waals surface area contributed by atoms with Crippen LogP contribution in [0.25, 0.3) is 0 Å². The van der Waals surface area contributed by atoms with Gasteiger partial charge in [-0.1, -0.05) is 87.8 Å². The summed E-state index contributed by atoms with van der Waals surface area (Å²) in [7, 11) is 3.81. The number of fused-ring (bicyclic) bond motifs is 5. The lowest BCUT2D eigenvalue weighted by Crippen LogP contribution is -2.68. The van der Waals surface area contributed by atoms with Crippen LogP contribution in [0.2, 0.25) is 0 Å². The second kappa shape index (κ2) is 12.2. The molecule has 0 aromatic carbocycles. The highest BCUT2D eigenvalue weighted by Crippen LogP contribution is 2.74. The fourth-order valence-corrected chi connectivity index (χ4v) is 11.9. The van der Waals surface area contributed by atoms with Gasteiger partial charge in [-0.3, -0.25) is 4.79 Å². The van der Waals surface area contributed by atoms with Gasteiger partial charge < -0.3 is 25.0 Å². The Hall–Kier alpha value is -0.950. The Morgan fingerprint density at radius 2 is 1.67 bits per heavy atom. The van der Waals surface area contributed by atoms with Crippen LogP contribution >= 0.6 is 0 Å².